The lowest BCUT2D eigenvalue weighted by atomic mass is 9.91. The van der Waals surface area contributed by atoms with Gasteiger partial charge in [-0.15, -0.1) is 0 Å². The topological polar surface area (TPSA) is 52.6 Å². The molecule has 96 valence electrons. The first-order valence-electron chi connectivity index (χ1n) is 6.13. The van der Waals surface area contributed by atoms with Gasteiger partial charge in [0.2, 0.25) is 0 Å². The highest BCUT2D eigenvalue weighted by Gasteiger charge is 2.31. The maximum absolute atomic E-state index is 11.4. The van der Waals surface area contributed by atoms with Gasteiger partial charge in [-0.25, -0.2) is 0 Å². The van der Waals surface area contributed by atoms with Crippen LogP contribution < -0.4 is 10.2 Å². The van der Waals surface area contributed by atoms with Gasteiger partial charge < -0.3 is 15.3 Å². The van der Waals surface area contributed by atoms with Gasteiger partial charge in [0, 0.05) is 28.8 Å². The van der Waals surface area contributed by atoms with E-state index in [0.29, 0.717) is 11.6 Å². The lowest BCUT2D eigenvalue weighted by molar-refractivity contribution is -0.123. The SMILES string of the molecule is CN(c1cc2c(cc1Br)C(O)C(=O)N2)C1CCC1. The van der Waals surface area contributed by atoms with Crippen molar-refractivity contribution in [3.05, 3.63) is 22.2 Å². The number of amides is 1. The number of carbonyl (C=O) groups excluding carboxylic acids is 1. The second-order valence-corrected chi connectivity index (χ2v) is 5.83. The number of hydrogen-bond donors (Lipinski definition) is 2. The number of aliphatic hydroxyl groups excluding tert-OH is 1. The lowest BCUT2D eigenvalue weighted by Crippen LogP contribution is -2.37. The highest BCUT2D eigenvalue weighted by Crippen LogP contribution is 2.40. The Morgan fingerprint density at radius 1 is 1.44 bits per heavy atom. The van der Waals surface area contributed by atoms with Gasteiger partial charge in [0.1, 0.15) is 0 Å². The van der Waals surface area contributed by atoms with Crippen LogP contribution in [0.5, 0.6) is 0 Å². The Labute approximate surface area is 114 Å². The molecule has 1 aliphatic heterocycles. The van der Waals surface area contributed by atoms with Crippen LogP contribution in [0, 0.1) is 0 Å². The first-order chi connectivity index (χ1) is 8.58. The van der Waals surface area contributed by atoms with Crippen LogP contribution in [0.3, 0.4) is 0 Å². The Hall–Kier alpha value is -1.07. The highest BCUT2D eigenvalue weighted by molar-refractivity contribution is 9.10. The minimum absolute atomic E-state index is 0.347. The van der Waals surface area contributed by atoms with E-state index in [1.807, 2.05) is 12.1 Å². The normalized spacial score (nSPS) is 22.4. The Morgan fingerprint density at radius 2 is 2.17 bits per heavy atom. The van der Waals surface area contributed by atoms with Crippen molar-refractivity contribution in [3.63, 3.8) is 0 Å². The number of hydrogen-bond acceptors (Lipinski definition) is 3. The smallest absolute Gasteiger partial charge is 0.257 e. The summed E-state index contributed by atoms with van der Waals surface area (Å²) in [6, 6.07) is 4.36. The third kappa shape index (κ3) is 1.73. The summed E-state index contributed by atoms with van der Waals surface area (Å²) in [6.45, 7) is 0. The molecule has 3 rings (SSSR count). The molecule has 1 saturated carbocycles. The van der Waals surface area contributed by atoms with Crippen molar-refractivity contribution in [1.82, 2.24) is 0 Å². The van der Waals surface area contributed by atoms with E-state index in [4.69, 9.17) is 0 Å². The predicted octanol–water partition coefficient (Wildman–Crippen LogP) is 2.42. The van der Waals surface area contributed by atoms with Gasteiger partial charge in [0.05, 0.1) is 5.69 Å². The van der Waals surface area contributed by atoms with E-state index in [9.17, 15) is 9.90 Å². The molecule has 0 saturated heterocycles. The summed E-state index contributed by atoms with van der Waals surface area (Å²) >= 11 is 3.53. The van der Waals surface area contributed by atoms with Crippen LogP contribution in [0.2, 0.25) is 0 Å². The van der Waals surface area contributed by atoms with Crippen molar-refractivity contribution >= 4 is 33.2 Å². The minimum atomic E-state index is -1.04. The van der Waals surface area contributed by atoms with E-state index in [1.165, 1.54) is 19.3 Å². The van der Waals surface area contributed by atoms with Crippen molar-refractivity contribution in [2.45, 2.75) is 31.4 Å². The number of halogens is 1. The molecule has 1 unspecified atom stereocenters. The molecule has 2 aliphatic rings. The molecule has 1 aliphatic carbocycles. The van der Waals surface area contributed by atoms with Crippen molar-refractivity contribution < 1.29 is 9.90 Å². The molecule has 0 bridgehead atoms. The third-order valence-electron chi connectivity index (χ3n) is 3.92. The zero-order valence-corrected chi connectivity index (χ0v) is 11.7. The molecule has 1 heterocycles. The van der Waals surface area contributed by atoms with Crippen LogP contribution in [-0.4, -0.2) is 24.1 Å². The van der Waals surface area contributed by atoms with Crippen molar-refractivity contribution in [1.29, 1.82) is 0 Å². The molecule has 5 heteroatoms. The summed E-state index contributed by atoms with van der Waals surface area (Å²) in [5, 5.41) is 12.4. The quantitative estimate of drug-likeness (QED) is 0.882. The van der Waals surface area contributed by atoms with Crippen LogP contribution in [0.15, 0.2) is 16.6 Å². The van der Waals surface area contributed by atoms with Gasteiger partial charge in [-0.3, -0.25) is 4.79 Å². The van der Waals surface area contributed by atoms with Crippen LogP contribution in [0.4, 0.5) is 11.4 Å². The zero-order valence-electron chi connectivity index (χ0n) is 10.1. The van der Waals surface area contributed by atoms with Crippen LogP contribution >= 0.6 is 15.9 Å². The molecule has 0 aromatic heterocycles. The van der Waals surface area contributed by atoms with Gasteiger partial charge in [-0.05, 0) is 47.3 Å². The molecule has 1 atom stereocenters. The number of fused-ring (bicyclic) bond motifs is 1. The number of nitrogens with zero attached hydrogens (tertiary/aromatic N) is 1. The molecule has 0 radical (unpaired) electrons. The molecule has 1 amide bonds. The van der Waals surface area contributed by atoms with Crippen molar-refractivity contribution in [2.24, 2.45) is 0 Å². The average Bonchev–Trinajstić information content (AvgIpc) is 2.52. The number of anilines is 2. The fourth-order valence-electron chi connectivity index (χ4n) is 2.50. The fourth-order valence-corrected chi connectivity index (χ4v) is 3.14. The number of aliphatic hydroxyl groups is 1. The Balaban J connectivity index is 1.97. The first kappa shape index (κ1) is 12.0. The second-order valence-electron chi connectivity index (χ2n) is 4.98. The molecular formula is C13H15BrN2O2. The molecule has 0 spiro atoms. The fraction of sp³-hybridized carbons (Fsp3) is 0.462. The van der Waals surface area contributed by atoms with Crippen LogP contribution in [0.25, 0.3) is 0 Å². The second kappa shape index (κ2) is 4.24. The van der Waals surface area contributed by atoms with E-state index in [-0.39, 0.29) is 5.91 Å². The summed E-state index contributed by atoms with van der Waals surface area (Å²) in [5.74, 6) is -0.347. The molecule has 1 fully saturated rings. The summed E-state index contributed by atoms with van der Waals surface area (Å²) < 4.78 is 0.922. The molecule has 2 N–H and O–H groups in total. The van der Waals surface area contributed by atoms with Crippen LogP contribution in [-0.2, 0) is 4.79 Å². The Bertz CT molecular complexity index is 514. The van der Waals surface area contributed by atoms with Gasteiger partial charge >= 0.3 is 0 Å². The maximum atomic E-state index is 11.4. The summed E-state index contributed by atoms with van der Waals surface area (Å²) in [5.41, 5.74) is 2.43. The first-order valence-corrected chi connectivity index (χ1v) is 6.92. The maximum Gasteiger partial charge on any atom is 0.257 e. The number of benzene rings is 1. The molecular weight excluding hydrogens is 296 g/mol. The van der Waals surface area contributed by atoms with E-state index in [1.54, 1.807) is 0 Å². The van der Waals surface area contributed by atoms with Crippen molar-refractivity contribution in [2.75, 3.05) is 17.3 Å². The van der Waals surface area contributed by atoms with E-state index in [2.05, 4.69) is 33.2 Å². The largest absolute Gasteiger partial charge is 0.378 e. The summed E-state index contributed by atoms with van der Waals surface area (Å²) in [6.07, 6.45) is 2.68. The Kier molecular flexibility index (Phi) is 2.83. The predicted molar refractivity (Wildman–Crippen MR) is 73.8 cm³/mol. The summed E-state index contributed by atoms with van der Waals surface area (Å²) in [7, 11) is 2.07. The lowest BCUT2D eigenvalue weighted by Gasteiger charge is -2.37. The van der Waals surface area contributed by atoms with Gasteiger partial charge in [-0.1, -0.05) is 0 Å². The number of nitrogens with one attached hydrogen (secondary N) is 1. The van der Waals surface area contributed by atoms with E-state index >= 15 is 0 Å². The molecule has 1 aromatic carbocycles. The van der Waals surface area contributed by atoms with Crippen molar-refractivity contribution in [3.8, 4) is 0 Å². The molecule has 4 nitrogen and oxygen atoms in total. The van der Waals surface area contributed by atoms with Crippen LogP contribution in [0.1, 0.15) is 30.9 Å². The van der Waals surface area contributed by atoms with Gasteiger partial charge in [-0.2, -0.15) is 0 Å². The minimum Gasteiger partial charge on any atom is -0.378 e. The standard InChI is InChI=1S/C13H15BrN2O2/c1-16(7-3-2-4-7)11-6-10-8(5-9(11)14)12(17)13(18)15-10/h5-7,12,17H,2-4H2,1H3,(H,15,18). The summed E-state index contributed by atoms with van der Waals surface area (Å²) in [4.78, 5) is 13.7. The average molecular weight is 311 g/mol. The third-order valence-corrected chi connectivity index (χ3v) is 4.56. The van der Waals surface area contributed by atoms with E-state index < -0.39 is 6.10 Å². The van der Waals surface area contributed by atoms with Gasteiger partial charge in [0.25, 0.3) is 5.91 Å². The zero-order chi connectivity index (χ0) is 12.9. The van der Waals surface area contributed by atoms with Gasteiger partial charge in [0.15, 0.2) is 6.10 Å². The molecule has 1 aromatic rings. The van der Waals surface area contributed by atoms with E-state index in [0.717, 1.165) is 15.8 Å². The number of rotatable bonds is 2. The number of carbonyl (C=O) groups is 1. The Morgan fingerprint density at radius 3 is 2.78 bits per heavy atom. The highest BCUT2D eigenvalue weighted by atomic mass is 79.9. The monoisotopic (exact) mass is 310 g/mol. The molecule has 18 heavy (non-hydrogen) atoms.